The summed E-state index contributed by atoms with van der Waals surface area (Å²) in [5.41, 5.74) is 0. The van der Waals surface area contributed by atoms with E-state index in [0.29, 0.717) is 0 Å². The molecule has 1 fully saturated rings. The highest BCUT2D eigenvalue weighted by atomic mass is 35.5. The summed E-state index contributed by atoms with van der Waals surface area (Å²) in [6, 6.07) is 0. The van der Waals surface area contributed by atoms with Gasteiger partial charge in [0.25, 0.3) is 0 Å². The van der Waals surface area contributed by atoms with Crippen molar-refractivity contribution < 1.29 is 17.1 Å². The Balaban J connectivity index is 2.63. The first-order valence-electron chi connectivity index (χ1n) is 4.18. The van der Waals surface area contributed by atoms with Gasteiger partial charge in [-0.3, -0.25) is 4.79 Å². The summed E-state index contributed by atoms with van der Waals surface area (Å²) in [6.45, 7) is 1.67. The van der Waals surface area contributed by atoms with E-state index in [-0.39, 0.29) is 25.4 Å². The minimum absolute atomic E-state index is 0.0886. The number of hydrogen-bond acceptors (Lipinski definition) is 3. The van der Waals surface area contributed by atoms with E-state index in [2.05, 4.69) is 0 Å². The van der Waals surface area contributed by atoms with Gasteiger partial charge in [0.05, 0.1) is 0 Å². The molecule has 1 saturated heterocycles. The molecule has 0 aromatic heterocycles. The van der Waals surface area contributed by atoms with Crippen LogP contribution >= 0.6 is 11.6 Å². The number of amides is 1. The van der Waals surface area contributed by atoms with Gasteiger partial charge in [-0.2, -0.15) is 8.42 Å². The first kappa shape index (κ1) is 11.7. The van der Waals surface area contributed by atoms with Crippen LogP contribution in [0, 0.1) is 0 Å². The zero-order valence-electron chi connectivity index (χ0n) is 7.61. The Kier molecular flexibility index (Phi) is 3.36. The van der Waals surface area contributed by atoms with E-state index in [1.54, 1.807) is 0 Å². The van der Waals surface area contributed by atoms with E-state index < -0.39 is 20.9 Å². The maximum Gasteiger partial charge on any atom is 0.307 e. The van der Waals surface area contributed by atoms with Crippen molar-refractivity contribution in [2.75, 3.05) is 13.1 Å². The quantitative estimate of drug-likeness (QED) is 0.525. The van der Waals surface area contributed by atoms with Gasteiger partial charge in [-0.15, -0.1) is 15.5 Å². The van der Waals surface area contributed by atoms with Gasteiger partial charge in [-0.1, -0.05) is 0 Å². The van der Waals surface area contributed by atoms with Crippen molar-refractivity contribution in [2.24, 2.45) is 0 Å². The van der Waals surface area contributed by atoms with E-state index in [9.17, 15) is 17.1 Å². The Morgan fingerprint density at radius 3 is 2.57 bits per heavy atom. The van der Waals surface area contributed by atoms with Crippen molar-refractivity contribution in [3.63, 3.8) is 0 Å². The van der Waals surface area contributed by atoms with Gasteiger partial charge in [-0.05, 0) is 13.3 Å². The SMILES string of the molecule is CC(Cl)C(=O)N1CCC(S(=O)(=O)F)C1. The van der Waals surface area contributed by atoms with Crippen LogP contribution in [0.2, 0.25) is 0 Å². The van der Waals surface area contributed by atoms with Crippen molar-refractivity contribution in [2.45, 2.75) is 24.0 Å². The Hall–Kier alpha value is -0.360. The molecular weight excluding hydrogens is 233 g/mol. The molecule has 82 valence electrons. The minimum Gasteiger partial charge on any atom is -0.340 e. The normalized spacial score (nSPS) is 25.1. The molecule has 0 bridgehead atoms. The second kappa shape index (κ2) is 4.02. The number of nitrogens with zero attached hydrogens (tertiary/aromatic N) is 1. The standard InChI is InChI=1S/C7H11ClFNO3S/c1-5(8)7(11)10-3-2-6(4-10)14(9,12)13/h5-6H,2-4H2,1H3. The molecule has 0 spiro atoms. The maximum absolute atomic E-state index is 12.5. The second-order valence-corrected chi connectivity index (χ2v) is 5.56. The van der Waals surface area contributed by atoms with Crippen molar-refractivity contribution in [3.05, 3.63) is 0 Å². The molecule has 1 heterocycles. The fourth-order valence-corrected chi connectivity index (χ4v) is 2.29. The van der Waals surface area contributed by atoms with E-state index in [0.717, 1.165) is 0 Å². The predicted octanol–water partition coefficient (Wildman–Crippen LogP) is 0.514. The summed E-state index contributed by atoms with van der Waals surface area (Å²) < 4.78 is 33.6. The second-order valence-electron chi connectivity index (χ2n) is 3.29. The summed E-state index contributed by atoms with van der Waals surface area (Å²) in [6.07, 6.45) is 0.147. The third kappa shape index (κ3) is 2.57. The van der Waals surface area contributed by atoms with Gasteiger partial charge in [-0.25, -0.2) is 0 Å². The van der Waals surface area contributed by atoms with Gasteiger partial charge >= 0.3 is 10.2 Å². The molecule has 0 radical (unpaired) electrons. The van der Waals surface area contributed by atoms with E-state index in [4.69, 9.17) is 11.6 Å². The molecule has 14 heavy (non-hydrogen) atoms. The molecule has 0 aliphatic carbocycles. The zero-order valence-corrected chi connectivity index (χ0v) is 9.18. The molecule has 0 aromatic carbocycles. The van der Waals surface area contributed by atoms with Crippen molar-refractivity contribution in [1.29, 1.82) is 0 Å². The average Bonchev–Trinajstić information content (AvgIpc) is 2.49. The lowest BCUT2D eigenvalue weighted by molar-refractivity contribution is -0.129. The lowest BCUT2D eigenvalue weighted by atomic mass is 10.4. The first-order chi connectivity index (χ1) is 6.32. The zero-order chi connectivity index (χ0) is 10.9. The molecule has 4 nitrogen and oxygen atoms in total. The molecule has 1 rings (SSSR count). The topological polar surface area (TPSA) is 54.5 Å². The molecule has 2 unspecified atom stereocenters. The Labute approximate surface area is 87.2 Å². The summed E-state index contributed by atoms with van der Waals surface area (Å²) in [4.78, 5) is 12.6. The minimum atomic E-state index is -4.53. The number of rotatable bonds is 2. The highest BCUT2D eigenvalue weighted by Crippen LogP contribution is 2.19. The Bertz CT molecular complexity index is 330. The van der Waals surface area contributed by atoms with Crippen LogP contribution < -0.4 is 0 Å². The van der Waals surface area contributed by atoms with Gasteiger partial charge in [0.15, 0.2) is 0 Å². The fourth-order valence-electron chi connectivity index (χ4n) is 1.41. The average molecular weight is 244 g/mol. The number of carbonyl (C=O) groups is 1. The van der Waals surface area contributed by atoms with Crippen molar-refractivity contribution in [3.8, 4) is 0 Å². The molecule has 0 N–H and O–H groups in total. The van der Waals surface area contributed by atoms with Crippen LogP contribution in [-0.2, 0) is 15.0 Å². The number of alkyl halides is 1. The van der Waals surface area contributed by atoms with Crippen LogP contribution in [-0.4, -0.2) is 42.9 Å². The summed E-state index contributed by atoms with van der Waals surface area (Å²) >= 11 is 5.54. The molecule has 0 saturated carbocycles. The van der Waals surface area contributed by atoms with Crippen LogP contribution in [0.4, 0.5) is 3.89 Å². The van der Waals surface area contributed by atoms with E-state index >= 15 is 0 Å². The number of halogens is 2. The first-order valence-corrected chi connectivity index (χ1v) is 6.07. The molecule has 7 heteroatoms. The van der Waals surface area contributed by atoms with Crippen molar-refractivity contribution >= 4 is 27.7 Å². The van der Waals surface area contributed by atoms with Crippen LogP contribution in [0.3, 0.4) is 0 Å². The summed E-state index contributed by atoms with van der Waals surface area (Å²) in [7, 11) is -4.53. The number of hydrogen-bond donors (Lipinski definition) is 0. The molecule has 0 aromatic rings. The van der Waals surface area contributed by atoms with Gasteiger partial charge < -0.3 is 4.90 Å². The number of carbonyl (C=O) groups excluding carboxylic acids is 1. The number of likely N-dealkylation sites (tertiary alicyclic amines) is 1. The lowest BCUT2D eigenvalue weighted by Crippen LogP contribution is -2.35. The lowest BCUT2D eigenvalue weighted by Gasteiger charge is -2.16. The van der Waals surface area contributed by atoms with Gasteiger partial charge in [0, 0.05) is 13.1 Å². The van der Waals surface area contributed by atoms with E-state index in [1.165, 1.54) is 11.8 Å². The fraction of sp³-hybridized carbons (Fsp3) is 0.857. The van der Waals surface area contributed by atoms with Crippen LogP contribution in [0.1, 0.15) is 13.3 Å². The molecule has 1 aliphatic heterocycles. The summed E-state index contributed by atoms with van der Waals surface area (Å²) in [5.74, 6) is -0.349. The third-order valence-corrected chi connectivity index (χ3v) is 3.56. The predicted molar refractivity (Wildman–Crippen MR) is 50.3 cm³/mol. The third-order valence-electron chi connectivity index (χ3n) is 2.20. The molecule has 2 atom stereocenters. The van der Waals surface area contributed by atoms with Crippen LogP contribution in [0.15, 0.2) is 0 Å². The highest BCUT2D eigenvalue weighted by molar-refractivity contribution is 7.87. The van der Waals surface area contributed by atoms with Crippen molar-refractivity contribution in [1.82, 2.24) is 4.90 Å². The Morgan fingerprint density at radius 2 is 2.21 bits per heavy atom. The maximum atomic E-state index is 12.5. The van der Waals surface area contributed by atoms with Crippen LogP contribution in [0.25, 0.3) is 0 Å². The Morgan fingerprint density at radius 1 is 1.64 bits per heavy atom. The van der Waals surface area contributed by atoms with Crippen LogP contribution in [0.5, 0.6) is 0 Å². The monoisotopic (exact) mass is 243 g/mol. The largest absolute Gasteiger partial charge is 0.340 e. The molecular formula is C7H11ClFNO3S. The van der Waals surface area contributed by atoms with Gasteiger partial charge in [0.2, 0.25) is 5.91 Å². The van der Waals surface area contributed by atoms with E-state index in [1.807, 2.05) is 0 Å². The van der Waals surface area contributed by atoms with Gasteiger partial charge in [0.1, 0.15) is 10.6 Å². The molecule has 1 aliphatic rings. The molecule has 1 amide bonds. The smallest absolute Gasteiger partial charge is 0.307 e. The summed E-state index contributed by atoms with van der Waals surface area (Å²) in [5, 5.41) is -1.78. The highest BCUT2D eigenvalue weighted by Gasteiger charge is 2.35.